The maximum Gasteiger partial charge on any atom is 0.137 e. The van der Waals surface area contributed by atoms with Crippen LogP contribution in [0.1, 0.15) is 13.8 Å². The summed E-state index contributed by atoms with van der Waals surface area (Å²) in [6, 6.07) is 0. The van der Waals surface area contributed by atoms with Crippen molar-refractivity contribution in [3.8, 4) is 0 Å². The van der Waals surface area contributed by atoms with Gasteiger partial charge in [0.15, 0.2) is 0 Å². The van der Waals surface area contributed by atoms with Gasteiger partial charge < -0.3 is 5.73 Å². The van der Waals surface area contributed by atoms with Crippen LogP contribution in [0, 0.1) is 0 Å². The van der Waals surface area contributed by atoms with Crippen LogP contribution in [0.5, 0.6) is 0 Å². The Morgan fingerprint density at radius 1 is 1.50 bits per heavy atom. The molecule has 0 amide bonds. The second-order valence-corrected chi connectivity index (χ2v) is 1.45. The highest BCUT2D eigenvalue weighted by molar-refractivity contribution is 4.54. The van der Waals surface area contributed by atoms with E-state index in [0.717, 1.165) is 6.54 Å². The molecule has 4 heteroatoms. The van der Waals surface area contributed by atoms with Crippen molar-refractivity contribution in [1.82, 2.24) is 14.8 Å². The third-order valence-electron chi connectivity index (χ3n) is 0.825. The van der Waals surface area contributed by atoms with E-state index in [9.17, 15) is 0 Å². The molecule has 0 saturated carbocycles. The summed E-state index contributed by atoms with van der Waals surface area (Å²) >= 11 is 0. The van der Waals surface area contributed by atoms with Gasteiger partial charge in [-0.3, -0.25) is 4.68 Å². The van der Waals surface area contributed by atoms with Gasteiger partial charge in [0.25, 0.3) is 0 Å². The first-order chi connectivity index (χ1) is 4.93. The average molecular weight is 142 g/mol. The zero-order valence-corrected chi connectivity index (χ0v) is 6.49. The van der Waals surface area contributed by atoms with Crippen LogP contribution in [0.4, 0.5) is 0 Å². The van der Waals surface area contributed by atoms with Gasteiger partial charge in [-0.25, -0.2) is 4.98 Å². The van der Waals surface area contributed by atoms with Gasteiger partial charge >= 0.3 is 0 Å². The predicted molar refractivity (Wildman–Crippen MR) is 40.4 cm³/mol. The minimum atomic E-state index is 0.614. The van der Waals surface area contributed by atoms with Crippen molar-refractivity contribution in [1.29, 1.82) is 0 Å². The Labute approximate surface area is 61.1 Å². The van der Waals surface area contributed by atoms with Crippen molar-refractivity contribution in [3.63, 3.8) is 0 Å². The largest absolute Gasteiger partial charge is 0.329 e. The average Bonchev–Trinajstić information content (AvgIpc) is 2.46. The predicted octanol–water partition coefficient (Wildman–Crippen LogP) is 0.263. The van der Waals surface area contributed by atoms with Gasteiger partial charge in [-0.15, -0.1) is 0 Å². The Balaban J connectivity index is 0.000000371. The van der Waals surface area contributed by atoms with Crippen LogP contribution in [0.2, 0.25) is 0 Å². The molecule has 0 radical (unpaired) electrons. The molecule has 2 N–H and O–H groups in total. The van der Waals surface area contributed by atoms with Crippen molar-refractivity contribution in [3.05, 3.63) is 12.7 Å². The lowest BCUT2D eigenvalue weighted by Gasteiger charge is -1.91. The molecule has 4 nitrogen and oxygen atoms in total. The molecule has 0 saturated heterocycles. The zero-order valence-electron chi connectivity index (χ0n) is 6.49. The van der Waals surface area contributed by atoms with E-state index in [0.29, 0.717) is 6.54 Å². The standard InChI is InChI=1S/C4H8N4.C2H6/c5-1-2-8-4-6-3-7-8;1-2/h3-4H,1-2,5H2;1-2H3. The normalized spacial score (nSPS) is 8.30. The number of hydrogen-bond donors (Lipinski definition) is 1. The Kier molecular flexibility index (Phi) is 5.66. The molecule has 0 aliphatic heterocycles. The van der Waals surface area contributed by atoms with E-state index < -0.39 is 0 Å². The Bertz CT molecular complexity index is 135. The van der Waals surface area contributed by atoms with Crippen LogP contribution in [0.15, 0.2) is 12.7 Å². The van der Waals surface area contributed by atoms with Gasteiger partial charge in [0.2, 0.25) is 0 Å². The molecule has 1 heterocycles. The maximum atomic E-state index is 5.23. The summed E-state index contributed by atoms with van der Waals surface area (Å²) in [7, 11) is 0. The molecule has 0 spiro atoms. The molecule has 1 aromatic rings. The molecule has 0 aromatic carbocycles. The highest BCUT2D eigenvalue weighted by Gasteiger charge is 1.83. The summed E-state index contributed by atoms with van der Waals surface area (Å²) in [6.45, 7) is 5.36. The number of nitrogens with two attached hydrogens (primary N) is 1. The fourth-order valence-electron chi connectivity index (χ4n) is 0.480. The fourth-order valence-corrected chi connectivity index (χ4v) is 0.480. The van der Waals surface area contributed by atoms with Crippen molar-refractivity contribution in [2.24, 2.45) is 5.73 Å². The lowest BCUT2D eigenvalue weighted by atomic mass is 10.7. The third kappa shape index (κ3) is 3.19. The number of hydrogen-bond acceptors (Lipinski definition) is 3. The third-order valence-corrected chi connectivity index (χ3v) is 0.825. The van der Waals surface area contributed by atoms with E-state index in [1.165, 1.54) is 6.33 Å². The molecule has 1 aromatic heterocycles. The smallest absolute Gasteiger partial charge is 0.137 e. The summed E-state index contributed by atoms with van der Waals surface area (Å²) in [5.74, 6) is 0. The van der Waals surface area contributed by atoms with E-state index in [2.05, 4.69) is 10.1 Å². The van der Waals surface area contributed by atoms with Gasteiger partial charge in [-0.1, -0.05) is 13.8 Å². The van der Waals surface area contributed by atoms with Crippen molar-refractivity contribution < 1.29 is 0 Å². The second kappa shape index (κ2) is 6.22. The lowest BCUT2D eigenvalue weighted by Crippen LogP contribution is -2.09. The molecule has 10 heavy (non-hydrogen) atoms. The second-order valence-electron chi connectivity index (χ2n) is 1.45. The minimum Gasteiger partial charge on any atom is -0.329 e. The SMILES string of the molecule is CC.NCCn1cncn1. The molecular formula is C6H14N4. The van der Waals surface area contributed by atoms with Gasteiger partial charge in [0, 0.05) is 6.54 Å². The van der Waals surface area contributed by atoms with Crippen LogP contribution < -0.4 is 5.73 Å². The Morgan fingerprint density at radius 3 is 2.60 bits per heavy atom. The van der Waals surface area contributed by atoms with Crippen LogP contribution in [0.3, 0.4) is 0 Å². The van der Waals surface area contributed by atoms with Gasteiger partial charge in [-0.2, -0.15) is 5.10 Å². The number of rotatable bonds is 2. The van der Waals surface area contributed by atoms with Crippen LogP contribution in [0.25, 0.3) is 0 Å². The molecule has 0 bridgehead atoms. The van der Waals surface area contributed by atoms with E-state index in [1.807, 2.05) is 13.8 Å². The van der Waals surface area contributed by atoms with Gasteiger partial charge in [0.1, 0.15) is 12.7 Å². The van der Waals surface area contributed by atoms with E-state index >= 15 is 0 Å². The van der Waals surface area contributed by atoms with Crippen LogP contribution in [-0.2, 0) is 6.54 Å². The summed E-state index contributed by atoms with van der Waals surface area (Å²) < 4.78 is 1.69. The van der Waals surface area contributed by atoms with Crippen molar-refractivity contribution >= 4 is 0 Å². The zero-order chi connectivity index (χ0) is 7.82. The van der Waals surface area contributed by atoms with E-state index in [-0.39, 0.29) is 0 Å². The molecule has 1 rings (SSSR count). The molecule has 0 atom stereocenters. The van der Waals surface area contributed by atoms with Crippen molar-refractivity contribution in [2.75, 3.05) is 6.54 Å². The Morgan fingerprint density at radius 2 is 2.20 bits per heavy atom. The molecule has 0 aliphatic carbocycles. The topological polar surface area (TPSA) is 56.7 Å². The molecule has 0 fully saturated rings. The first-order valence-electron chi connectivity index (χ1n) is 3.46. The van der Waals surface area contributed by atoms with Crippen LogP contribution >= 0.6 is 0 Å². The monoisotopic (exact) mass is 142 g/mol. The minimum absolute atomic E-state index is 0.614. The quantitative estimate of drug-likeness (QED) is 0.644. The highest BCUT2D eigenvalue weighted by atomic mass is 15.3. The van der Waals surface area contributed by atoms with Crippen molar-refractivity contribution in [2.45, 2.75) is 20.4 Å². The summed E-state index contributed by atoms with van der Waals surface area (Å²) in [5.41, 5.74) is 5.23. The number of nitrogens with zero attached hydrogens (tertiary/aromatic N) is 3. The molecule has 0 unspecified atom stereocenters. The molecular weight excluding hydrogens is 128 g/mol. The highest BCUT2D eigenvalue weighted by Crippen LogP contribution is 1.74. The Hall–Kier alpha value is -0.900. The lowest BCUT2D eigenvalue weighted by molar-refractivity contribution is 0.623. The molecule has 58 valence electrons. The summed E-state index contributed by atoms with van der Waals surface area (Å²) in [6.07, 6.45) is 3.14. The maximum absolute atomic E-state index is 5.23. The first kappa shape index (κ1) is 9.10. The first-order valence-corrected chi connectivity index (χ1v) is 3.46. The van der Waals surface area contributed by atoms with Crippen LogP contribution in [-0.4, -0.2) is 21.3 Å². The summed E-state index contributed by atoms with van der Waals surface area (Å²) in [4.78, 5) is 3.74. The molecule has 0 aliphatic rings. The summed E-state index contributed by atoms with van der Waals surface area (Å²) in [5, 5.41) is 3.83. The van der Waals surface area contributed by atoms with Gasteiger partial charge in [-0.05, 0) is 0 Å². The van der Waals surface area contributed by atoms with Gasteiger partial charge in [0.05, 0.1) is 6.54 Å². The van der Waals surface area contributed by atoms with E-state index in [1.54, 1.807) is 11.0 Å². The van der Waals surface area contributed by atoms with E-state index in [4.69, 9.17) is 5.73 Å². The fraction of sp³-hybridized carbons (Fsp3) is 0.667. The number of aromatic nitrogens is 3.